The van der Waals surface area contributed by atoms with Crippen LogP contribution in [0.2, 0.25) is 13.1 Å². The van der Waals surface area contributed by atoms with Gasteiger partial charge in [-0.05, 0) is 44.3 Å². The maximum Gasteiger partial charge on any atom is 0.179 e. The second-order valence-corrected chi connectivity index (χ2v) is 10.7. The van der Waals surface area contributed by atoms with Gasteiger partial charge >= 0.3 is 0 Å². The minimum Gasteiger partial charge on any atom is -0.407 e. The third-order valence-corrected chi connectivity index (χ3v) is 7.12. The molecule has 0 heterocycles. The molecular formula is C17H25NSi. The molecule has 0 amide bonds. The molecule has 2 heteroatoms. The fourth-order valence-corrected chi connectivity index (χ4v) is 5.73. The van der Waals surface area contributed by atoms with Crippen molar-refractivity contribution in [3.8, 4) is 0 Å². The van der Waals surface area contributed by atoms with Gasteiger partial charge in [0.25, 0.3) is 0 Å². The predicted octanol–water partition coefficient (Wildman–Crippen LogP) is 5.15. The van der Waals surface area contributed by atoms with Crippen molar-refractivity contribution in [2.45, 2.75) is 40.8 Å². The van der Waals surface area contributed by atoms with Gasteiger partial charge in [0.1, 0.15) is 0 Å². The molecule has 0 bridgehead atoms. The van der Waals surface area contributed by atoms with Gasteiger partial charge in [-0.1, -0.05) is 49.3 Å². The molecular weight excluding hydrogens is 246 g/mol. The van der Waals surface area contributed by atoms with Gasteiger partial charge < -0.3 is 4.98 Å². The van der Waals surface area contributed by atoms with E-state index in [9.17, 15) is 0 Å². The van der Waals surface area contributed by atoms with E-state index in [2.05, 4.69) is 82.2 Å². The number of hydrogen-bond donors (Lipinski definition) is 1. The lowest BCUT2D eigenvalue weighted by Crippen LogP contribution is -2.39. The number of nitrogens with one attached hydrogen (secondary N) is 1. The number of allylic oxidation sites excluding steroid dienone is 4. The lowest BCUT2D eigenvalue weighted by Gasteiger charge is -2.28. The molecule has 1 N–H and O–H groups in total. The van der Waals surface area contributed by atoms with Crippen molar-refractivity contribution in [3.05, 3.63) is 52.8 Å². The molecule has 0 spiro atoms. The first-order valence-corrected chi connectivity index (χ1v) is 9.99. The highest BCUT2D eigenvalue weighted by Gasteiger charge is 2.36. The van der Waals surface area contributed by atoms with E-state index in [0.717, 1.165) is 0 Å². The van der Waals surface area contributed by atoms with Crippen LogP contribution in [-0.2, 0) is 0 Å². The molecule has 0 atom stereocenters. The summed E-state index contributed by atoms with van der Waals surface area (Å²) >= 11 is 0. The van der Waals surface area contributed by atoms with Crippen LogP contribution in [0, 0.1) is 5.41 Å². The molecule has 0 unspecified atom stereocenters. The first-order chi connectivity index (χ1) is 8.74. The molecule has 0 saturated carbocycles. The SMILES string of the molecule is CC1=C(C)C(C)(C)C=C1[Si](C)(C)Nc1ccccc1. The molecule has 102 valence electrons. The fourth-order valence-electron chi connectivity index (χ4n) is 2.86. The highest BCUT2D eigenvalue weighted by atomic mass is 28.3. The van der Waals surface area contributed by atoms with E-state index in [4.69, 9.17) is 0 Å². The third-order valence-electron chi connectivity index (χ3n) is 4.34. The monoisotopic (exact) mass is 271 g/mol. The van der Waals surface area contributed by atoms with Gasteiger partial charge in [0.05, 0.1) is 0 Å². The summed E-state index contributed by atoms with van der Waals surface area (Å²) < 4.78 is 0. The maximum absolute atomic E-state index is 3.79. The standard InChI is InChI=1S/C17H25NSi/c1-13-14(2)17(3,4)12-16(13)19(5,6)18-15-10-8-7-9-11-15/h7-12,18H,1-6H3. The van der Waals surface area contributed by atoms with E-state index in [1.807, 2.05) is 0 Å². The number of hydrogen-bond acceptors (Lipinski definition) is 1. The lowest BCUT2D eigenvalue weighted by molar-refractivity contribution is 0.588. The van der Waals surface area contributed by atoms with Crippen LogP contribution in [0.1, 0.15) is 27.7 Å². The van der Waals surface area contributed by atoms with Crippen LogP contribution in [0.15, 0.2) is 52.8 Å². The Morgan fingerprint density at radius 3 is 2.05 bits per heavy atom. The second kappa shape index (κ2) is 4.68. The van der Waals surface area contributed by atoms with Crippen LogP contribution in [0.25, 0.3) is 0 Å². The number of anilines is 1. The summed E-state index contributed by atoms with van der Waals surface area (Å²) in [6.45, 7) is 14.0. The minimum absolute atomic E-state index is 0.210. The Labute approximate surface area is 118 Å². The molecule has 1 aliphatic carbocycles. The van der Waals surface area contributed by atoms with Crippen LogP contribution >= 0.6 is 0 Å². The average Bonchev–Trinajstić information content (AvgIpc) is 2.54. The van der Waals surface area contributed by atoms with Gasteiger partial charge in [0.2, 0.25) is 0 Å². The van der Waals surface area contributed by atoms with Crippen LogP contribution in [-0.4, -0.2) is 8.24 Å². The van der Waals surface area contributed by atoms with Crippen LogP contribution in [0.5, 0.6) is 0 Å². The van der Waals surface area contributed by atoms with Gasteiger partial charge in [0, 0.05) is 11.1 Å². The molecule has 0 radical (unpaired) electrons. The van der Waals surface area contributed by atoms with Crippen molar-refractivity contribution in [3.63, 3.8) is 0 Å². The largest absolute Gasteiger partial charge is 0.407 e. The quantitative estimate of drug-likeness (QED) is 0.750. The molecule has 0 fully saturated rings. The highest BCUT2D eigenvalue weighted by Crippen LogP contribution is 2.43. The highest BCUT2D eigenvalue weighted by molar-refractivity contribution is 6.88. The zero-order valence-corrected chi connectivity index (χ0v) is 14.0. The van der Waals surface area contributed by atoms with Gasteiger partial charge in [-0.25, -0.2) is 0 Å². The molecule has 1 aliphatic rings. The lowest BCUT2D eigenvalue weighted by atomic mass is 9.88. The fraction of sp³-hybridized carbons (Fsp3) is 0.412. The predicted molar refractivity (Wildman–Crippen MR) is 87.8 cm³/mol. The third kappa shape index (κ3) is 2.69. The minimum atomic E-state index is -1.65. The summed E-state index contributed by atoms with van der Waals surface area (Å²) in [5, 5.41) is 1.55. The topological polar surface area (TPSA) is 12.0 Å². The molecule has 1 aromatic carbocycles. The van der Waals surface area contributed by atoms with Crippen molar-refractivity contribution < 1.29 is 0 Å². The Hall–Kier alpha value is -1.28. The Morgan fingerprint density at radius 1 is 1.00 bits per heavy atom. The molecule has 1 aromatic rings. The summed E-state index contributed by atoms with van der Waals surface area (Å²) in [5.74, 6) is 0. The van der Waals surface area contributed by atoms with E-state index < -0.39 is 8.24 Å². The van der Waals surface area contributed by atoms with Crippen LogP contribution in [0.4, 0.5) is 5.69 Å². The van der Waals surface area contributed by atoms with Crippen molar-refractivity contribution in [1.29, 1.82) is 0 Å². The number of para-hydroxylation sites is 1. The first kappa shape index (κ1) is 14.1. The maximum atomic E-state index is 3.79. The van der Waals surface area contributed by atoms with Crippen molar-refractivity contribution in [2.24, 2.45) is 5.41 Å². The summed E-state index contributed by atoms with van der Waals surface area (Å²) in [6.07, 6.45) is 2.47. The second-order valence-electron chi connectivity index (χ2n) is 6.65. The Morgan fingerprint density at radius 2 is 1.58 bits per heavy atom. The van der Waals surface area contributed by atoms with Gasteiger partial charge in [-0.3, -0.25) is 0 Å². The van der Waals surface area contributed by atoms with Crippen LogP contribution in [0.3, 0.4) is 0 Å². The van der Waals surface area contributed by atoms with E-state index in [1.54, 1.807) is 5.20 Å². The van der Waals surface area contributed by atoms with Gasteiger partial charge in [0.15, 0.2) is 8.24 Å². The smallest absolute Gasteiger partial charge is 0.179 e. The van der Waals surface area contributed by atoms with Crippen LogP contribution < -0.4 is 4.98 Å². The van der Waals surface area contributed by atoms with Gasteiger partial charge in [-0.15, -0.1) is 0 Å². The zero-order valence-electron chi connectivity index (χ0n) is 13.0. The number of benzene rings is 1. The Kier molecular flexibility index (Phi) is 3.48. The Bertz CT molecular complexity index is 536. The molecule has 0 saturated heterocycles. The Balaban J connectivity index is 2.32. The summed E-state index contributed by atoms with van der Waals surface area (Å²) in [6, 6.07) is 10.6. The molecule has 0 aliphatic heterocycles. The summed E-state index contributed by atoms with van der Waals surface area (Å²) in [7, 11) is -1.65. The zero-order chi connectivity index (χ0) is 14.3. The normalized spacial score (nSPS) is 18.5. The molecule has 19 heavy (non-hydrogen) atoms. The van der Waals surface area contributed by atoms with E-state index in [-0.39, 0.29) is 5.41 Å². The van der Waals surface area contributed by atoms with E-state index >= 15 is 0 Å². The molecule has 1 nitrogen and oxygen atoms in total. The van der Waals surface area contributed by atoms with Crippen molar-refractivity contribution in [1.82, 2.24) is 0 Å². The van der Waals surface area contributed by atoms with Gasteiger partial charge in [-0.2, -0.15) is 0 Å². The summed E-state index contributed by atoms with van der Waals surface area (Å²) in [5.41, 5.74) is 4.44. The first-order valence-electron chi connectivity index (χ1n) is 6.99. The van der Waals surface area contributed by atoms with Crippen molar-refractivity contribution in [2.75, 3.05) is 4.98 Å². The van der Waals surface area contributed by atoms with E-state index in [0.29, 0.717) is 0 Å². The average molecular weight is 271 g/mol. The summed E-state index contributed by atoms with van der Waals surface area (Å²) in [4.78, 5) is 3.79. The van der Waals surface area contributed by atoms with Crippen molar-refractivity contribution >= 4 is 13.9 Å². The molecule has 0 aromatic heterocycles. The van der Waals surface area contributed by atoms with E-state index in [1.165, 1.54) is 16.8 Å². The number of rotatable bonds is 3. The molecule has 2 rings (SSSR count).